The molecule has 0 aliphatic heterocycles. The van der Waals surface area contributed by atoms with E-state index in [0.29, 0.717) is 10.7 Å². The van der Waals surface area contributed by atoms with Gasteiger partial charge < -0.3 is 11.5 Å². The molecule has 0 spiro atoms. The Morgan fingerprint density at radius 2 is 1.86 bits per heavy atom. The van der Waals surface area contributed by atoms with Gasteiger partial charge in [0.15, 0.2) is 0 Å². The van der Waals surface area contributed by atoms with Crippen molar-refractivity contribution in [3.8, 4) is 0 Å². The second-order valence-electron chi connectivity index (χ2n) is 4.62. The third-order valence-electron chi connectivity index (χ3n) is 2.32. The van der Waals surface area contributed by atoms with E-state index in [4.69, 9.17) is 23.1 Å². The van der Waals surface area contributed by atoms with Gasteiger partial charge in [0.25, 0.3) is 0 Å². The lowest BCUT2D eigenvalue weighted by Gasteiger charge is -2.27. The first-order valence-electron chi connectivity index (χ1n) is 4.63. The van der Waals surface area contributed by atoms with Crippen LogP contribution in [0.25, 0.3) is 0 Å². The third kappa shape index (κ3) is 2.40. The Labute approximate surface area is 90.2 Å². The summed E-state index contributed by atoms with van der Waals surface area (Å²) in [6.07, 6.45) is 0. The molecule has 2 nitrogen and oxygen atoms in total. The van der Waals surface area contributed by atoms with Gasteiger partial charge in [0.05, 0.1) is 10.7 Å². The molecule has 0 saturated heterocycles. The molecule has 0 aliphatic carbocycles. The molecule has 0 aromatic heterocycles. The quantitative estimate of drug-likeness (QED) is 0.704. The first kappa shape index (κ1) is 11.3. The molecule has 0 heterocycles. The molecule has 0 radical (unpaired) electrons. The highest BCUT2D eigenvalue weighted by Gasteiger charge is 2.22. The van der Waals surface area contributed by atoms with E-state index >= 15 is 0 Å². The Bertz CT molecular complexity index is 329. The van der Waals surface area contributed by atoms with Gasteiger partial charge in [0.1, 0.15) is 0 Å². The van der Waals surface area contributed by atoms with Gasteiger partial charge in [0.2, 0.25) is 0 Å². The van der Waals surface area contributed by atoms with Crippen molar-refractivity contribution in [2.45, 2.75) is 26.8 Å². The van der Waals surface area contributed by atoms with Gasteiger partial charge in [-0.2, -0.15) is 0 Å². The zero-order chi connectivity index (χ0) is 10.9. The number of hydrogen-bond acceptors (Lipinski definition) is 2. The molecule has 0 aliphatic rings. The first-order valence-corrected chi connectivity index (χ1v) is 5.00. The Morgan fingerprint density at radius 1 is 1.29 bits per heavy atom. The predicted octanol–water partition coefficient (Wildman–Crippen LogP) is 2.97. The van der Waals surface area contributed by atoms with Gasteiger partial charge in [-0.3, -0.25) is 0 Å². The minimum atomic E-state index is -0.0272. The van der Waals surface area contributed by atoms with Crippen molar-refractivity contribution in [1.82, 2.24) is 0 Å². The molecule has 3 heteroatoms. The van der Waals surface area contributed by atoms with Crippen LogP contribution in [0.5, 0.6) is 0 Å². The summed E-state index contributed by atoms with van der Waals surface area (Å²) in [6, 6.07) is 5.54. The summed E-state index contributed by atoms with van der Waals surface area (Å²) in [5.41, 5.74) is 13.4. The van der Waals surface area contributed by atoms with Crippen molar-refractivity contribution in [3.05, 3.63) is 28.8 Å². The second-order valence-corrected chi connectivity index (χ2v) is 5.03. The number of benzene rings is 1. The van der Waals surface area contributed by atoms with Crippen LogP contribution in [0, 0.1) is 5.41 Å². The zero-order valence-electron chi connectivity index (χ0n) is 8.84. The Balaban J connectivity index is 3.03. The number of nitrogen functional groups attached to an aromatic ring is 1. The topological polar surface area (TPSA) is 52.0 Å². The lowest BCUT2D eigenvalue weighted by Crippen LogP contribution is -2.26. The summed E-state index contributed by atoms with van der Waals surface area (Å²) in [5.74, 6) is 0. The van der Waals surface area contributed by atoms with Crippen LogP contribution in [0.1, 0.15) is 32.4 Å². The molecule has 0 bridgehead atoms. The average molecular weight is 213 g/mol. The van der Waals surface area contributed by atoms with Crippen LogP contribution in [-0.2, 0) is 0 Å². The molecule has 1 unspecified atom stereocenters. The van der Waals surface area contributed by atoms with Gasteiger partial charge in [-0.1, -0.05) is 38.4 Å². The fourth-order valence-corrected chi connectivity index (χ4v) is 1.43. The van der Waals surface area contributed by atoms with E-state index in [1.807, 2.05) is 12.1 Å². The summed E-state index contributed by atoms with van der Waals surface area (Å²) in [6.45, 7) is 6.30. The Hall–Kier alpha value is -0.730. The molecule has 0 saturated carbocycles. The maximum absolute atomic E-state index is 6.09. The van der Waals surface area contributed by atoms with Crippen LogP contribution in [0.2, 0.25) is 5.02 Å². The van der Waals surface area contributed by atoms with Crippen molar-refractivity contribution in [2.24, 2.45) is 11.1 Å². The smallest absolute Gasteiger partial charge is 0.0638 e. The number of nitrogens with two attached hydrogens (primary N) is 2. The van der Waals surface area contributed by atoms with Crippen molar-refractivity contribution in [1.29, 1.82) is 0 Å². The summed E-state index contributed by atoms with van der Waals surface area (Å²) >= 11 is 5.93. The highest BCUT2D eigenvalue weighted by atomic mass is 35.5. The number of rotatable bonds is 1. The van der Waals surface area contributed by atoms with Gasteiger partial charge >= 0.3 is 0 Å². The fourth-order valence-electron chi connectivity index (χ4n) is 1.24. The molecule has 1 atom stereocenters. The van der Waals surface area contributed by atoms with Crippen molar-refractivity contribution >= 4 is 17.3 Å². The SMILES string of the molecule is CC(C)(C)C(N)c1ccc(N)c(Cl)c1. The maximum atomic E-state index is 6.09. The number of anilines is 1. The lowest BCUT2D eigenvalue weighted by molar-refractivity contribution is 0.327. The second kappa shape index (κ2) is 3.79. The summed E-state index contributed by atoms with van der Waals surface area (Å²) < 4.78 is 0. The van der Waals surface area contributed by atoms with Crippen molar-refractivity contribution in [3.63, 3.8) is 0 Å². The van der Waals surface area contributed by atoms with Crippen LogP contribution in [0.4, 0.5) is 5.69 Å². The highest BCUT2D eigenvalue weighted by molar-refractivity contribution is 6.33. The molecule has 0 fully saturated rings. The van der Waals surface area contributed by atoms with Gasteiger partial charge in [-0.15, -0.1) is 0 Å². The lowest BCUT2D eigenvalue weighted by atomic mass is 9.83. The van der Waals surface area contributed by atoms with E-state index in [1.54, 1.807) is 6.07 Å². The Morgan fingerprint density at radius 3 is 2.29 bits per heavy atom. The fraction of sp³-hybridized carbons (Fsp3) is 0.455. The largest absolute Gasteiger partial charge is 0.398 e. The number of hydrogen-bond donors (Lipinski definition) is 2. The van der Waals surface area contributed by atoms with E-state index < -0.39 is 0 Å². The summed E-state index contributed by atoms with van der Waals surface area (Å²) in [4.78, 5) is 0. The molecule has 14 heavy (non-hydrogen) atoms. The van der Waals surface area contributed by atoms with Gasteiger partial charge in [-0.05, 0) is 23.1 Å². The van der Waals surface area contributed by atoms with E-state index in [2.05, 4.69) is 20.8 Å². The molecule has 1 aromatic carbocycles. The molecule has 1 rings (SSSR count). The van der Waals surface area contributed by atoms with Crippen LogP contribution >= 0.6 is 11.6 Å². The summed E-state index contributed by atoms with van der Waals surface area (Å²) in [5, 5.41) is 0.571. The van der Waals surface area contributed by atoms with Crippen LogP contribution in [-0.4, -0.2) is 0 Å². The van der Waals surface area contributed by atoms with Gasteiger partial charge in [0, 0.05) is 6.04 Å². The molecular weight excluding hydrogens is 196 g/mol. The third-order valence-corrected chi connectivity index (χ3v) is 2.64. The van der Waals surface area contributed by atoms with E-state index in [9.17, 15) is 0 Å². The molecule has 0 amide bonds. The molecule has 78 valence electrons. The predicted molar refractivity (Wildman–Crippen MR) is 62.2 cm³/mol. The molecule has 4 N–H and O–H groups in total. The minimum Gasteiger partial charge on any atom is -0.398 e. The van der Waals surface area contributed by atoms with E-state index in [0.717, 1.165) is 5.56 Å². The van der Waals surface area contributed by atoms with Crippen LogP contribution < -0.4 is 11.5 Å². The standard InChI is InChI=1S/C11H17ClN2/c1-11(2,3)10(14)7-4-5-9(13)8(12)6-7/h4-6,10H,13-14H2,1-3H3. The van der Waals surface area contributed by atoms with Crippen molar-refractivity contribution in [2.75, 3.05) is 5.73 Å². The average Bonchev–Trinajstić information content (AvgIpc) is 2.07. The number of halogens is 1. The van der Waals surface area contributed by atoms with Gasteiger partial charge in [-0.25, -0.2) is 0 Å². The van der Waals surface area contributed by atoms with Crippen LogP contribution in [0.15, 0.2) is 18.2 Å². The van der Waals surface area contributed by atoms with Crippen molar-refractivity contribution < 1.29 is 0 Å². The van der Waals surface area contributed by atoms with E-state index in [-0.39, 0.29) is 11.5 Å². The monoisotopic (exact) mass is 212 g/mol. The minimum absolute atomic E-state index is 0.0272. The van der Waals surface area contributed by atoms with Crippen LogP contribution in [0.3, 0.4) is 0 Å². The highest BCUT2D eigenvalue weighted by Crippen LogP contribution is 2.32. The maximum Gasteiger partial charge on any atom is 0.0638 e. The Kier molecular flexibility index (Phi) is 3.07. The van der Waals surface area contributed by atoms with E-state index in [1.165, 1.54) is 0 Å². The first-order chi connectivity index (χ1) is 6.32. The molecular formula is C11H17ClN2. The zero-order valence-corrected chi connectivity index (χ0v) is 9.60. The normalized spacial score (nSPS) is 14.1. The summed E-state index contributed by atoms with van der Waals surface area (Å²) in [7, 11) is 0. The molecule has 1 aromatic rings.